The van der Waals surface area contributed by atoms with Crippen LogP contribution in [0.4, 0.5) is 9.59 Å². The minimum Gasteiger partial charge on any atom is -0.457 e. The highest BCUT2D eigenvalue weighted by molar-refractivity contribution is 5.71. The number of rotatable bonds is 6. The fourth-order valence-corrected chi connectivity index (χ4v) is 3.22. The number of amides is 2. The molecule has 1 aliphatic heterocycles. The van der Waals surface area contributed by atoms with Crippen LogP contribution < -0.4 is 9.47 Å². The summed E-state index contributed by atoms with van der Waals surface area (Å²) in [5, 5.41) is 0. The van der Waals surface area contributed by atoms with Gasteiger partial charge in [0.15, 0.2) is 0 Å². The zero-order valence-electron chi connectivity index (χ0n) is 17.5. The van der Waals surface area contributed by atoms with Crippen LogP contribution in [0.2, 0.25) is 0 Å². The Morgan fingerprint density at radius 2 is 1.47 bits per heavy atom. The number of para-hydroxylation sites is 1. The predicted molar refractivity (Wildman–Crippen MR) is 113 cm³/mol. The van der Waals surface area contributed by atoms with E-state index in [0.29, 0.717) is 50.5 Å². The summed E-state index contributed by atoms with van der Waals surface area (Å²) in [6.07, 6.45) is 0.341. The topological polar surface area (TPSA) is 68.3 Å². The monoisotopic (exact) mass is 412 g/mol. The summed E-state index contributed by atoms with van der Waals surface area (Å²) < 4.78 is 16.7. The zero-order valence-corrected chi connectivity index (χ0v) is 17.5. The SMILES string of the molecule is CCN(CC)C(=O)OC1CCN(C(=O)Oc2ccc(Oc3ccccc3)cc2)CC1. The highest BCUT2D eigenvalue weighted by atomic mass is 16.6. The first kappa shape index (κ1) is 21.5. The molecule has 2 aromatic carbocycles. The van der Waals surface area contributed by atoms with Crippen LogP contribution in [0.25, 0.3) is 0 Å². The fraction of sp³-hybridized carbons (Fsp3) is 0.391. The summed E-state index contributed by atoms with van der Waals surface area (Å²) in [4.78, 5) is 27.8. The van der Waals surface area contributed by atoms with Crippen molar-refractivity contribution in [3.8, 4) is 17.2 Å². The lowest BCUT2D eigenvalue weighted by atomic mass is 10.1. The van der Waals surface area contributed by atoms with Gasteiger partial charge in [-0.3, -0.25) is 0 Å². The summed E-state index contributed by atoms with van der Waals surface area (Å²) in [5.41, 5.74) is 0. The molecule has 2 aromatic rings. The van der Waals surface area contributed by atoms with Crippen molar-refractivity contribution in [3.63, 3.8) is 0 Å². The summed E-state index contributed by atoms with van der Waals surface area (Å²) in [5.74, 6) is 1.86. The number of carbonyl (C=O) groups excluding carboxylic acids is 2. The Labute approximate surface area is 177 Å². The number of likely N-dealkylation sites (tertiary alicyclic amines) is 1. The van der Waals surface area contributed by atoms with Crippen LogP contribution in [0.1, 0.15) is 26.7 Å². The second kappa shape index (κ2) is 10.5. The van der Waals surface area contributed by atoms with Gasteiger partial charge in [-0.2, -0.15) is 0 Å². The van der Waals surface area contributed by atoms with E-state index >= 15 is 0 Å². The zero-order chi connectivity index (χ0) is 21.3. The van der Waals surface area contributed by atoms with Crippen molar-refractivity contribution in [3.05, 3.63) is 54.6 Å². The molecule has 0 radical (unpaired) electrons. The molecule has 1 heterocycles. The second-order valence-electron chi connectivity index (χ2n) is 7.00. The van der Waals surface area contributed by atoms with Crippen LogP contribution in [0.15, 0.2) is 54.6 Å². The maximum absolute atomic E-state index is 12.4. The number of ether oxygens (including phenoxy) is 3. The molecule has 0 spiro atoms. The van der Waals surface area contributed by atoms with Gasteiger partial charge in [0, 0.05) is 39.0 Å². The van der Waals surface area contributed by atoms with E-state index < -0.39 is 6.09 Å². The quantitative estimate of drug-likeness (QED) is 0.674. The van der Waals surface area contributed by atoms with Crippen molar-refractivity contribution in [2.45, 2.75) is 32.8 Å². The summed E-state index contributed by atoms with van der Waals surface area (Å²) in [6.45, 7) is 6.06. The number of carbonyl (C=O) groups is 2. The normalized spacial score (nSPS) is 14.1. The molecular weight excluding hydrogens is 384 g/mol. The van der Waals surface area contributed by atoms with Gasteiger partial charge in [-0.15, -0.1) is 0 Å². The van der Waals surface area contributed by atoms with Crippen molar-refractivity contribution in [2.24, 2.45) is 0 Å². The molecule has 7 nitrogen and oxygen atoms in total. The van der Waals surface area contributed by atoms with Gasteiger partial charge in [0.05, 0.1) is 0 Å². The first-order valence-corrected chi connectivity index (χ1v) is 10.3. The van der Waals surface area contributed by atoms with Crippen LogP contribution in [0, 0.1) is 0 Å². The van der Waals surface area contributed by atoms with Gasteiger partial charge in [-0.1, -0.05) is 18.2 Å². The molecule has 0 N–H and O–H groups in total. The van der Waals surface area contributed by atoms with Crippen molar-refractivity contribution in [2.75, 3.05) is 26.2 Å². The van der Waals surface area contributed by atoms with E-state index in [-0.39, 0.29) is 12.2 Å². The van der Waals surface area contributed by atoms with E-state index in [2.05, 4.69) is 0 Å². The molecule has 1 aliphatic rings. The third kappa shape index (κ3) is 5.89. The largest absolute Gasteiger partial charge is 0.457 e. The Bertz CT molecular complexity index is 813. The van der Waals surface area contributed by atoms with Gasteiger partial charge in [0.2, 0.25) is 0 Å². The first-order chi connectivity index (χ1) is 14.6. The van der Waals surface area contributed by atoms with Crippen molar-refractivity contribution in [1.29, 1.82) is 0 Å². The summed E-state index contributed by atoms with van der Waals surface area (Å²) >= 11 is 0. The Morgan fingerprint density at radius 3 is 2.07 bits per heavy atom. The number of hydrogen-bond donors (Lipinski definition) is 0. The molecule has 0 bridgehead atoms. The summed E-state index contributed by atoms with van der Waals surface area (Å²) in [6, 6.07) is 16.4. The number of piperidine rings is 1. The van der Waals surface area contributed by atoms with E-state index in [9.17, 15) is 9.59 Å². The van der Waals surface area contributed by atoms with Crippen LogP contribution >= 0.6 is 0 Å². The lowest BCUT2D eigenvalue weighted by Gasteiger charge is -2.32. The molecule has 30 heavy (non-hydrogen) atoms. The molecule has 0 atom stereocenters. The third-order valence-corrected chi connectivity index (χ3v) is 5.00. The Hall–Kier alpha value is -3.22. The maximum atomic E-state index is 12.4. The van der Waals surface area contributed by atoms with Crippen LogP contribution in [-0.4, -0.2) is 54.3 Å². The molecule has 1 saturated heterocycles. The smallest absolute Gasteiger partial charge is 0.415 e. The molecule has 3 rings (SSSR count). The van der Waals surface area contributed by atoms with E-state index in [0.717, 1.165) is 5.75 Å². The molecule has 2 amide bonds. The van der Waals surface area contributed by atoms with E-state index in [1.54, 1.807) is 34.1 Å². The van der Waals surface area contributed by atoms with Gasteiger partial charge >= 0.3 is 12.2 Å². The van der Waals surface area contributed by atoms with Gasteiger partial charge in [-0.05, 0) is 50.2 Å². The Balaban J connectivity index is 1.45. The molecule has 0 aliphatic carbocycles. The maximum Gasteiger partial charge on any atom is 0.415 e. The van der Waals surface area contributed by atoms with Crippen LogP contribution in [0.3, 0.4) is 0 Å². The van der Waals surface area contributed by atoms with Gasteiger partial charge in [-0.25, -0.2) is 9.59 Å². The minimum atomic E-state index is -0.403. The van der Waals surface area contributed by atoms with Crippen molar-refractivity contribution < 1.29 is 23.8 Å². The molecule has 0 aromatic heterocycles. The molecule has 160 valence electrons. The third-order valence-electron chi connectivity index (χ3n) is 5.00. The minimum absolute atomic E-state index is 0.170. The van der Waals surface area contributed by atoms with E-state index in [1.807, 2.05) is 44.2 Å². The summed E-state index contributed by atoms with van der Waals surface area (Å²) in [7, 11) is 0. The fourth-order valence-electron chi connectivity index (χ4n) is 3.22. The molecule has 1 fully saturated rings. The molecule has 0 unspecified atom stereocenters. The Morgan fingerprint density at radius 1 is 0.900 bits per heavy atom. The van der Waals surface area contributed by atoms with Crippen LogP contribution in [0.5, 0.6) is 17.2 Å². The van der Waals surface area contributed by atoms with Crippen LogP contribution in [-0.2, 0) is 4.74 Å². The molecule has 7 heteroatoms. The lowest BCUT2D eigenvalue weighted by molar-refractivity contribution is 0.0326. The van der Waals surface area contributed by atoms with Crippen molar-refractivity contribution in [1.82, 2.24) is 9.80 Å². The van der Waals surface area contributed by atoms with Gasteiger partial charge in [0.25, 0.3) is 0 Å². The standard InChI is InChI=1S/C23H28N2O5/c1-3-24(4-2)22(26)30-21-14-16-25(17-15-21)23(27)29-20-12-10-19(11-13-20)28-18-8-6-5-7-9-18/h5-13,21H,3-4,14-17H2,1-2H3. The van der Waals surface area contributed by atoms with Gasteiger partial charge in [0.1, 0.15) is 23.4 Å². The van der Waals surface area contributed by atoms with E-state index in [4.69, 9.17) is 14.2 Å². The second-order valence-corrected chi connectivity index (χ2v) is 7.00. The van der Waals surface area contributed by atoms with E-state index in [1.165, 1.54) is 0 Å². The van der Waals surface area contributed by atoms with Crippen molar-refractivity contribution >= 4 is 12.2 Å². The predicted octanol–water partition coefficient (Wildman–Crippen LogP) is 4.92. The van der Waals surface area contributed by atoms with Gasteiger partial charge < -0.3 is 24.0 Å². The number of nitrogens with zero attached hydrogens (tertiary/aromatic N) is 2. The first-order valence-electron chi connectivity index (χ1n) is 10.3. The Kier molecular flexibility index (Phi) is 7.54. The number of hydrogen-bond acceptors (Lipinski definition) is 5. The average molecular weight is 412 g/mol. The molecular formula is C23H28N2O5. The molecule has 0 saturated carbocycles. The lowest BCUT2D eigenvalue weighted by Crippen LogP contribution is -2.44. The average Bonchev–Trinajstić information content (AvgIpc) is 2.77. The highest BCUT2D eigenvalue weighted by Crippen LogP contribution is 2.24. The number of benzene rings is 2. The highest BCUT2D eigenvalue weighted by Gasteiger charge is 2.27.